The van der Waals surface area contributed by atoms with Crippen LogP contribution in [-0.2, 0) is 10.3 Å². The van der Waals surface area contributed by atoms with Crippen LogP contribution in [0.3, 0.4) is 0 Å². The lowest BCUT2D eigenvalue weighted by Gasteiger charge is -2.22. The highest BCUT2D eigenvalue weighted by Crippen LogP contribution is 2.31. The van der Waals surface area contributed by atoms with Gasteiger partial charge in [-0.25, -0.2) is 9.18 Å². The minimum atomic E-state index is -3.00. The second kappa shape index (κ2) is 8.05. The first-order valence-electron chi connectivity index (χ1n) is 8.72. The number of methoxy groups -OCH3 is 1. The summed E-state index contributed by atoms with van der Waals surface area (Å²) in [6.07, 6.45) is 0. The molecular formula is C20H17F3N2O5. The number of Topliss-reactive ketones (excluding diaryl/α,β-unsaturated/α-hetero) is 1. The number of carbonyl (C=O) groups is 3. The Labute approximate surface area is 169 Å². The van der Waals surface area contributed by atoms with Crippen molar-refractivity contribution < 1.29 is 37.0 Å². The fourth-order valence-corrected chi connectivity index (χ4v) is 3.13. The van der Waals surface area contributed by atoms with Gasteiger partial charge in [0.25, 0.3) is 5.91 Å². The number of benzene rings is 2. The molecule has 2 aromatic rings. The summed E-state index contributed by atoms with van der Waals surface area (Å²) in [6, 6.07) is 7.70. The van der Waals surface area contributed by atoms with E-state index in [9.17, 15) is 27.6 Å². The van der Waals surface area contributed by atoms with Crippen molar-refractivity contribution >= 4 is 17.7 Å². The Balaban J connectivity index is 1.82. The van der Waals surface area contributed by atoms with E-state index >= 15 is 0 Å². The molecule has 158 valence electrons. The average Bonchev–Trinajstić information content (AvgIpc) is 2.92. The summed E-state index contributed by atoms with van der Waals surface area (Å²) < 4.78 is 47.4. The number of urea groups is 1. The molecule has 0 unspecified atom stereocenters. The predicted octanol–water partition coefficient (Wildman–Crippen LogP) is 3.09. The highest BCUT2D eigenvalue weighted by atomic mass is 19.3. The summed E-state index contributed by atoms with van der Waals surface area (Å²) in [5.41, 5.74) is -1.33. The summed E-state index contributed by atoms with van der Waals surface area (Å²) in [5, 5.41) is 2.49. The van der Waals surface area contributed by atoms with Crippen LogP contribution in [-0.4, -0.2) is 42.9 Å². The Morgan fingerprint density at radius 2 is 1.83 bits per heavy atom. The van der Waals surface area contributed by atoms with E-state index in [1.807, 2.05) is 0 Å². The SMILES string of the molecule is COc1ccc(F)cc1C(=O)CN1C(=O)N[C@](C)(c2ccc(OC(F)F)cc2)C1=O. The molecule has 1 aliphatic heterocycles. The van der Waals surface area contributed by atoms with Crippen molar-refractivity contribution in [2.24, 2.45) is 0 Å². The summed E-state index contributed by atoms with van der Waals surface area (Å²) in [6.45, 7) is -2.21. The van der Waals surface area contributed by atoms with E-state index in [4.69, 9.17) is 4.74 Å². The quantitative estimate of drug-likeness (QED) is 0.548. The number of nitrogens with one attached hydrogen (secondary N) is 1. The molecule has 1 heterocycles. The molecule has 1 N–H and O–H groups in total. The Kier molecular flexibility index (Phi) is 5.68. The van der Waals surface area contributed by atoms with Gasteiger partial charge in [0.05, 0.1) is 19.2 Å². The van der Waals surface area contributed by atoms with Crippen molar-refractivity contribution in [3.8, 4) is 11.5 Å². The van der Waals surface area contributed by atoms with Gasteiger partial charge in [-0.3, -0.25) is 14.5 Å². The second-order valence-corrected chi connectivity index (χ2v) is 6.62. The first-order valence-corrected chi connectivity index (χ1v) is 8.72. The molecule has 0 spiro atoms. The Bertz CT molecular complexity index is 996. The smallest absolute Gasteiger partial charge is 0.387 e. The van der Waals surface area contributed by atoms with E-state index in [2.05, 4.69) is 10.1 Å². The van der Waals surface area contributed by atoms with E-state index in [0.717, 1.165) is 12.1 Å². The molecule has 2 aromatic carbocycles. The van der Waals surface area contributed by atoms with Gasteiger partial charge in [-0.15, -0.1) is 0 Å². The molecule has 1 fully saturated rings. The fourth-order valence-electron chi connectivity index (χ4n) is 3.13. The van der Waals surface area contributed by atoms with Gasteiger partial charge in [-0.05, 0) is 42.8 Å². The molecule has 0 radical (unpaired) electrons. The van der Waals surface area contributed by atoms with Crippen molar-refractivity contribution in [3.63, 3.8) is 0 Å². The van der Waals surface area contributed by atoms with Crippen LogP contribution >= 0.6 is 0 Å². The summed E-state index contributed by atoms with van der Waals surface area (Å²) in [5.74, 6) is -2.10. The number of amides is 3. The molecule has 3 amide bonds. The number of rotatable bonds is 7. The topological polar surface area (TPSA) is 84.9 Å². The molecule has 0 saturated carbocycles. The van der Waals surface area contributed by atoms with Crippen LogP contribution in [0.4, 0.5) is 18.0 Å². The zero-order chi connectivity index (χ0) is 22.1. The molecule has 7 nitrogen and oxygen atoms in total. The van der Waals surface area contributed by atoms with Crippen LogP contribution in [0.1, 0.15) is 22.8 Å². The van der Waals surface area contributed by atoms with Crippen molar-refractivity contribution in [2.45, 2.75) is 19.1 Å². The van der Waals surface area contributed by atoms with Gasteiger partial charge >= 0.3 is 12.6 Å². The maximum atomic E-state index is 13.5. The van der Waals surface area contributed by atoms with E-state index in [1.54, 1.807) is 0 Å². The number of imide groups is 1. The van der Waals surface area contributed by atoms with Gasteiger partial charge < -0.3 is 14.8 Å². The lowest BCUT2D eigenvalue weighted by molar-refractivity contribution is -0.130. The molecule has 0 aliphatic carbocycles. The lowest BCUT2D eigenvalue weighted by Crippen LogP contribution is -2.41. The highest BCUT2D eigenvalue weighted by Gasteiger charge is 2.49. The maximum Gasteiger partial charge on any atom is 0.387 e. The number of ether oxygens (including phenoxy) is 2. The molecule has 3 rings (SSSR count). The van der Waals surface area contributed by atoms with Crippen molar-refractivity contribution in [3.05, 3.63) is 59.4 Å². The van der Waals surface area contributed by atoms with Gasteiger partial charge in [-0.1, -0.05) is 12.1 Å². The van der Waals surface area contributed by atoms with Crippen LogP contribution in [0.5, 0.6) is 11.5 Å². The zero-order valence-corrected chi connectivity index (χ0v) is 15.9. The summed E-state index contributed by atoms with van der Waals surface area (Å²) >= 11 is 0. The third-order valence-electron chi connectivity index (χ3n) is 4.70. The van der Waals surface area contributed by atoms with E-state index < -0.39 is 42.2 Å². The van der Waals surface area contributed by atoms with Gasteiger partial charge in [0, 0.05) is 0 Å². The minimum absolute atomic E-state index is 0.103. The third-order valence-corrected chi connectivity index (χ3v) is 4.70. The molecule has 1 saturated heterocycles. The maximum absolute atomic E-state index is 13.5. The number of hydrogen-bond donors (Lipinski definition) is 1. The molecule has 1 aliphatic rings. The number of halogens is 3. The average molecular weight is 422 g/mol. The van der Waals surface area contributed by atoms with Gasteiger partial charge in [-0.2, -0.15) is 8.78 Å². The number of ketones is 1. The molecular weight excluding hydrogens is 405 g/mol. The number of nitrogens with zero attached hydrogens (tertiary/aromatic N) is 1. The van der Waals surface area contributed by atoms with Gasteiger partial charge in [0.15, 0.2) is 5.78 Å². The van der Waals surface area contributed by atoms with Gasteiger partial charge in [0.1, 0.15) is 22.9 Å². The zero-order valence-electron chi connectivity index (χ0n) is 15.9. The van der Waals surface area contributed by atoms with Crippen LogP contribution < -0.4 is 14.8 Å². The minimum Gasteiger partial charge on any atom is -0.496 e. The molecule has 30 heavy (non-hydrogen) atoms. The lowest BCUT2D eigenvalue weighted by atomic mass is 9.92. The van der Waals surface area contributed by atoms with Crippen molar-refractivity contribution in [1.82, 2.24) is 10.2 Å². The predicted molar refractivity (Wildman–Crippen MR) is 98.0 cm³/mol. The second-order valence-electron chi connectivity index (χ2n) is 6.62. The van der Waals surface area contributed by atoms with E-state index in [0.29, 0.717) is 10.5 Å². The number of hydrogen-bond acceptors (Lipinski definition) is 5. The number of carbonyl (C=O) groups excluding carboxylic acids is 3. The van der Waals surface area contributed by atoms with Crippen LogP contribution in [0.25, 0.3) is 0 Å². The summed E-state index contributed by atoms with van der Waals surface area (Å²) in [7, 11) is 1.30. The summed E-state index contributed by atoms with van der Waals surface area (Å²) in [4.78, 5) is 38.6. The normalized spacial score (nSPS) is 18.5. The van der Waals surface area contributed by atoms with Gasteiger partial charge in [0.2, 0.25) is 0 Å². The third kappa shape index (κ3) is 3.93. The first kappa shape index (κ1) is 21.2. The molecule has 10 heteroatoms. The van der Waals surface area contributed by atoms with Crippen LogP contribution in [0.15, 0.2) is 42.5 Å². The monoisotopic (exact) mass is 422 g/mol. The van der Waals surface area contributed by atoms with E-state index in [1.165, 1.54) is 44.4 Å². The molecule has 0 bridgehead atoms. The highest BCUT2D eigenvalue weighted by molar-refractivity contribution is 6.11. The Morgan fingerprint density at radius 1 is 1.17 bits per heavy atom. The van der Waals surface area contributed by atoms with Crippen molar-refractivity contribution in [2.75, 3.05) is 13.7 Å². The van der Waals surface area contributed by atoms with Crippen molar-refractivity contribution in [1.29, 1.82) is 0 Å². The van der Waals surface area contributed by atoms with Crippen LogP contribution in [0, 0.1) is 5.82 Å². The fraction of sp³-hybridized carbons (Fsp3) is 0.250. The molecule has 1 atom stereocenters. The number of alkyl halides is 2. The van der Waals surface area contributed by atoms with Crippen LogP contribution in [0.2, 0.25) is 0 Å². The first-order chi connectivity index (χ1) is 14.2. The molecule has 0 aromatic heterocycles. The largest absolute Gasteiger partial charge is 0.496 e. The van der Waals surface area contributed by atoms with E-state index in [-0.39, 0.29) is 17.1 Å². The Hall–Kier alpha value is -3.56. The standard InChI is InChI=1S/C20H17F3N2O5/c1-20(11-3-6-13(7-4-11)30-18(22)23)17(27)25(19(28)24-20)10-15(26)14-9-12(21)5-8-16(14)29-2/h3-9,18H,10H2,1-2H3,(H,24,28)/t20-/m1/s1. The Morgan fingerprint density at radius 3 is 2.43 bits per heavy atom.